The van der Waals surface area contributed by atoms with E-state index in [1.165, 1.54) is 0 Å². The molecule has 0 aliphatic rings. The van der Waals surface area contributed by atoms with Crippen molar-refractivity contribution in [1.29, 1.82) is 0 Å². The molecule has 0 saturated heterocycles. The van der Waals surface area contributed by atoms with E-state index in [1.54, 1.807) is 37.1 Å². The highest BCUT2D eigenvalue weighted by molar-refractivity contribution is 6.35. The van der Waals surface area contributed by atoms with Crippen LogP contribution in [0, 0.1) is 0 Å². The molecular weight excluding hydrogens is 325 g/mol. The highest BCUT2D eigenvalue weighted by atomic mass is 35.5. The lowest BCUT2D eigenvalue weighted by Gasteiger charge is -2.23. The van der Waals surface area contributed by atoms with Gasteiger partial charge in [-0.25, -0.2) is 0 Å². The van der Waals surface area contributed by atoms with Crippen molar-refractivity contribution in [3.8, 4) is 0 Å². The van der Waals surface area contributed by atoms with Crippen molar-refractivity contribution in [3.63, 3.8) is 0 Å². The minimum absolute atomic E-state index is 0.0682. The zero-order chi connectivity index (χ0) is 16.9. The largest absolute Gasteiger partial charge is 0.353 e. The maximum atomic E-state index is 12.2. The van der Waals surface area contributed by atoms with Crippen molar-refractivity contribution in [1.82, 2.24) is 10.2 Å². The molecule has 0 heterocycles. The number of halogens is 2. The third-order valence-electron chi connectivity index (χ3n) is 3.01. The second-order valence-corrected chi connectivity index (χ2v) is 6.33. The van der Waals surface area contributed by atoms with Gasteiger partial charge in [-0.2, -0.15) is 0 Å². The van der Waals surface area contributed by atoms with Crippen LogP contribution in [-0.2, 0) is 9.59 Å². The van der Waals surface area contributed by atoms with E-state index in [4.69, 9.17) is 23.2 Å². The zero-order valence-corrected chi connectivity index (χ0v) is 14.6. The predicted octanol–water partition coefficient (Wildman–Crippen LogP) is 2.78. The Hall–Kier alpha value is -1.30. The Kier molecular flexibility index (Phi) is 7.13. The number of hydrogen-bond donors (Lipinski definition) is 2. The normalized spacial score (nSPS) is 12.4. The lowest BCUT2D eigenvalue weighted by Crippen LogP contribution is -2.45. The summed E-state index contributed by atoms with van der Waals surface area (Å²) in [5.41, 5.74) is 0.523. The summed E-state index contributed by atoms with van der Waals surface area (Å²) in [7, 11) is 1.72. The molecule has 122 valence electrons. The molecule has 1 aromatic carbocycles. The fraction of sp³-hybridized carbons (Fsp3) is 0.467. The van der Waals surface area contributed by atoms with Crippen LogP contribution in [0.2, 0.25) is 10.0 Å². The molecule has 0 radical (unpaired) electrons. The van der Waals surface area contributed by atoms with Gasteiger partial charge in [0.1, 0.15) is 0 Å². The van der Waals surface area contributed by atoms with Crippen molar-refractivity contribution in [2.45, 2.75) is 32.9 Å². The van der Waals surface area contributed by atoms with Gasteiger partial charge in [0.25, 0.3) is 0 Å². The van der Waals surface area contributed by atoms with Gasteiger partial charge < -0.3 is 10.6 Å². The summed E-state index contributed by atoms with van der Waals surface area (Å²) >= 11 is 11.8. The van der Waals surface area contributed by atoms with Crippen molar-refractivity contribution in [3.05, 3.63) is 28.2 Å². The maximum absolute atomic E-state index is 12.2. The molecule has 5 nitrogen and oxygen atoms in total. The smallest absolute Gasteiger partial charge is 0.241 e. The monoisotopic (exact) mass is 345 g/mol. The van der Waals surface area contributed by atoms with Crippen LogP contribution in [0.25, 0.3) is 0 Å². The first-order chi connectivity index (χ1) is 10.2. The van der Waals surface area contributed by atoms with E-state index in [0.717, 1.165) is 0 Å². The van der Waals surface area contributed by atoms with Crippen LogP contribution in [0.4, 0.5) is 5.69 Å². The number of carbonyl (C=O) groups excluding carboxylic acids is 2. The molecule has 0 aromatic heterocycles. The molecule has 2 N–H and O–H groups in total. The second-order valence-electron chi connectivity index (χ2n) is 5.46. The Morgan fingerprint density at radius 2 is 1.68 bits per heavy atom. The van der Waals surface area contributed by atoms with E-state index >= 15 is 0 Å². The number of rotatable bonds is 6. The number of nitrogens with zero attached hydrogens (tertiary/aromatic N) is 1. The van der Waals surface area contributed by atoms with E-state index < -0.39 is 6.04 Å². The van der Waals surface area contributed by atoms with Crippen LogP contribution in [0.1, 0.15) is 20.8 Å². The SMILES string of the molecule is CC(C)NC(=O)CN(C)[C@H](C)C(=O)Nc1cc(Cl)cc(Cl)c1. The van der Waals surface area contributed by atoms with E-state index in [1.807, 2.05) is 13.8 Å². The molecule has 2 amide bonds. The first-order valence-electron chi connectivity index (χ1n) is 6.95. The highest BCUT2D eigenvalue weighted by Gasteiger charge is 2.20. The molecule has 1 rings (SSSR count). The minimum Gasteiger partial charge on any atom is -0.353 e. The van der Waals surface area contributed by atoms with Crippen LogP contribution in [-0.4, -0.2) is 42.4 Å². The highest BCUT2D eigenvalue weighted by Crippen LogP contribution is 2.22. The number of hydrogen-bond acceptors (Lipinski definition) is 3. The average Bonchev–Trinajstić information content (AvgIpc) is 2.35. The minimum atomic E-state index is -0.476. The lowest BCUT2D eigenvalue weighted by molar-refractivity contribution is -0.125. The Bertz CT molecular complexity index is 529. The van der Waals surface area contributed by atoms with Gasteiger partial charge in [0, 0.05) is 21.8 Å². The number of benzene rings is 1. The Labute approximate surface area is 141 Å². The number of amides is 2. The second kappa shape index (κ2) is 8.36. The van der Waals surface area contributed by atoms with Gasteiger partial charge in [-0.3, -0.25) is 14.5 Å². The topological polar surface area (TPSA) is 61.4 Å². The van der Waals surface area contributed by atoms with Crippen LogP contribution >= 0.6 is 23.2 Å². The molecule has 1 atom stereocenters. The third kappa shape index (κ3) is 6.22. The molecular formula is C15H21Cl2N3O2. The predicted molar refractivity (Wildman–Crippen MR) is 90.5 cm³/mol. The van der Waals surface area contributed by atoms with Gasteiger partial charge in [0.15, 0.2) is 0 Å². The zero-order valence-electron chi connectivity index (χ0n) is 13.1. The van der Waals surface area contributed by atoms with E-state index in [9.17, 15) is 9.59 Å². The third-order valence-corrected chi connectivity index (χ3v) is 3.45. The Morgan fingerprint density at radius 1 is 1.14 bits per heavy atom. The van der Waals surface area contributed by atoms with E-state index in [-0.39, 0.29) is 24.4 Å². The molecule has 7 heteroatoms. The standard InChI is InChI=1S/C15H21Cl2N3O2/c1-9(2)18-14(21)8-20(4)10(3)15(22)19-13-6-11(16)5-12(17)7-13/h5-7,9-10H,8H2,1-4H3,(H,18,21)(H,19,22)/t10-/m1/s1. The Balaban J connectivity index is 2.62. The number of carbonyl (C=O) groups is 2. The summed E-state index contributed by atoms with van der Waals surface area (Å²) in [5, 5.41) is 6.41. The quantitative estimate of drug-likeness (QED) is 0.833. The van der Waals surface area contributed by atoms with Crippen LogP contribution < -0.4 is 10.6 Å². The van der Waals surface area contributed by atoms with Crippen molar-refractivity contribution < 1.29 is 9.59 Å². The van der Waals surface area contributed by atoms with Gasteiger partial charge in [-0.15, -0.1) is 0 Å². The summed E-state index contributed by atoms with van der Waals surface area (Å²) in [6.07, 6.45) is 0. The fourth-order valence-corrected chi connectivity index (χ4v) is 2.33. The maximum Gasteiger partial charge on any atom is 0.241 e. The van der Waals surface area contributed by atoms with Gasteiger partial charge in [-0.1, -0.05) is 23.2 Å². The van der Waals surface area contributed by atoms with Crippen LogP contribution in [0.5, 0.6) is 0 Å². The van der Waals surface area contributed by atoms with Crippen molar-refractivity contribution in [2.24, 2.45) is 0 Å². The fourth-order valence-electron chi connectivity index (χ4n) is 1.80. The molecule has 0 aliphatic heterocycles. The summed E-state index contributed by atoms with van der Waals surface area (Å²) < 4.78 is 0. The molecule has 1 aromatic rings. The van der Waals surface area contributed by atoms with Gasteiger partial charge >= 0.3 is 0 Å². The molecule has 0 fully saturated rings. The molecule has 22 heavy (non-hydrogen) atoms. The first-order valence-corrected chi connectivity index (χ1v) is 7.71. The number of anilines is 1. The molecule has 0 unspecified atom stereocenters. The van der Waals surface area contributed by atoms with Gasteiger partial charge in [0.05, 0.1) is 12.6 Å². The summed E-state index contributed by atoms with van der Waals surface area (Å²) in [6.45, 7) is 5.64. The molecule has 0 spiro atoms. The molecule has 0 bridgehead atoms. The van der Waals surface area contributed by atoms with Crippen molar-refractivity contribution >= 4 is 40.7 Å². The van der Waals surface area contributed by atoms with Crippen LogP contribution in [0.3, 0.4) is 0 Å². The van der Waals surface area contributed by atoms with Crippen LogP contribution in [0.15, 0.2) is 18.2 Å². The van der Waals surface area contributed by atoms with Gasteiger partial charge in [-0.05, 0) is 46.0 Å². The average molecular weight is 346 g/mol. The lowest BCUT2D eigenvalue weighted by atomic mass is 10.2. The summed E-state index contributed by atoms with van der Waals surface area (Å²) in [5.74, 6) is -0.360. The number of nitrogens with one attached hydrogen (secondary N) is 2. The van der Waals surface area contributed by atoms with E-state index in [2.05, 4.69) is 10.6 Å². The van der Waals surface area contributed by atoms with Crippen molar-refractivity contribution in [2.75, 3.05) is 18.9 Å². The van der Waals surface area contributed by atoms with E-state index in [0.29, 0.717) is 15.7 Å². The molecule has 0 aliphatic carbocycles. The summed E-state index contributed by atoms with van der Waals surface area (Å²) in [6, 6.07) is 4.41. The summed E-state index contributed by atoms with van der Waals surface area (Å²) in [4.78, 5) is 25.6. The Morgan fingerprint density at radius 3 is 2.18 bits per heavy atom. The molecule has 0 saturated carbocycles. The van der Waals surface area contributed by atoms with Gasteiger partial charge in [0.2, 0.25) is 11.8 Å². The number of likely N-dealkylation sites (N-methyl/N-ethyl adjacent to an activating group) is 1. The first kappa shape index (κ1) is 18.7.